The van der Waals surface area contributed by atoms with Crippen molar-refractivity contribution in [2.45, 2.75) is 24.6 Å². The molecule has 1 heterocycles. The van der Waals surface area contributed by atoms with Crippen molar-refractivity contribution < 1.29 is 18.0 Å². The van der Waals surface area contributed by atoms with Gasteiger partial charge in [0.15, 0.2) is 9.84 Å². The van der Waals surface area contributed by atoms with Gasteiger partial charge in [0.1, 0.15) is 5.75 Å². The summed E-state index contributed by atoms with van der Waals surface area (Å²) in [5, 5.41) is 5.19. The second kappa shape index (κ2) is 8.53. The normalized spacial score (nSPS) is 15.7. The maximum atomic E-state index is 12.2. The molecule has 1 aromatic carbocycles. The summed E-state index contributed by atoms with van der Waals surface area (Å²) in [7, 11) is -2.08. The van der Waals surface area contributed by atoms with Gasteiger partial charge in [-0.15, -0.1) is 0 Å². The second-order valence-corrected chi connectivity index (χ2v) is 8.67. The molecule has 25 heavy (non-hydrogen) atoms. The van der Waals surface area contributed by atoms with Gasteiger partial charge in [-0.2, -0.15) is 0 Å². The average molecular weight is 388 g/mol. The fraction of sp³-hybridized carbons (Fsp3) is 0.500. The lowest BCUT2D eigenvalue weighted by Gasteiger charge is -2.31. The van der Waals surface area contributed by atoms with Crippen LogP contribution < -0.4 is 10.6 Å². The number of nitrogens with one attached hydrogen (secondary N) is 2. The topological polar surface area (TPSA) is 95.6 Å². The van der Waals surface area contributed by atoms with Crippen LogP contribution in [0.5, 0.6) is 0 Å². The average Bonchev–Trinajstić information content (AvgIpc) is 2.60. The molecule has 7 nitrogen and oxygen atoms in total. The Hall–Kier alpha value is -1.80. The summed E-state index contributed by atoms with van der Waals surface area (Å²) in [5.41, 5.74) is 0.931. The quantitative estimate of drug-likeness (QED) is 0.792. The molecule has 9 heteroatoms. The minimum Gasteiger partial charge on any atom is -0.358 e. The van der Waals surface area contributed by atoms with Crippen LogP contribution in [0.15, 0.2) is 24.3 Å². The number of piperidine rings is 1. The number of carbonyl (C=O) groups excluding carboxylic acids is 2. The molecule has 1 aliphatic rings. The van der Waals surface area contributed by atoms with Crippen LogP contribution in [-0.2, 0) is 21.2 Å². The van der Waals surface area contributed by atoms with E-state index in [-0.39, 0.29) is 6.03 Å². The lowest BCUT2D eigenvalue weighted by atomic mass is 10.1. The third-order valence-corrected chi connectivity index (χ3v) is 6.61. The zero-order valence-corrected chi connectivity index (χ0v) is 15.6. The molecule has 1 fully saturated rings. The standard InChI is InChI=1S/C16H22ClN3O4S/c1-18-15(21)11-25(23,24)14-6-8-20(9-7-14)16(22)19-10-12-2-4-13(17)5-3-12/h2-5,14H,6-11H2,1H3,(H,18,21)(H,19,22). The number of amides is 3. The summed E-state index contributed by atoms with van der Waals surface area (Å²) in [6, 6.07) is 6.95. The Morgan fingerprint density at radius 1 is 1.20 bits per heavy atom. The zero-order chi connectivity index (χ0) is 18.4. The van der Waals surface area contributed by atoms with Crippen LogP contribution >= 0.6 is 11.6 Å². The molecule has 138 valence electrons. The second-order valence-electron chi connectivity index (χ2n) is 5.95. The molecule has 0 radical (unpaired) electrons. The Labute approximate surface area is 152 Å². The van der Waals surface area contributed by atoms with Gasteiger partial charge in [0, 0.05) is 31.7 Å². The van der Waals surface area contributed by atoms with Gasteiger partial charge >= 0.3 is 6.03 Å². The predicted molar refractivity (Wildman–Crippen MR) is 96.1 cm³/mol. The summed E-state index contributed by atoms with van der Waals surface area (Å²) < 4.78 is 24.4. The maximum Gasteiger partial charge on any atom is 0.317 e. The van der Waals surface area contributed by atoms with E-state index in [1.54, 1.807) is 17.0 Å². The van der Waals surface area contributed by atoms with Crippen molar-refractivity contribution in [3.8, 4) is 0 Å². The number of hydrogen-bond acceptors (Lipinski definition) is 4. The SMILES string of the molecule is CNC(=O)CS(=O)(=O)C1CCN(C(=O)NCc2ccc(Cl)cc2)CC1. The van der Waals surface area contributed by atoms with E-state index in [2.05, 4.69) is 10.6 Å². The van der Waals surface area contributed by atoms with Gasteiger partial charge in [0.05, 0.1) is 5.25 Å². The van der Waals surface area contributed by atoms with E-state index in [1.165, 1.54) is 7.05 Å². The van der Waals surface area contributed by atoms with Crippen molar-refractivity contribution in [2.24, 2.45) is 0 Å². The van der Waals surface area contributed by atoms with Crippen LogP contribution in [0.3, 0.4) is 0 Å². The fourth-order valence-electron chi connectivity index (χ4n) is 2.68. The lowest BCUT2D eigenvalue weighted by Crippen LogP contribution is -2.47. The Bertz CT molecular complexity index is 713. The summed E-state index contributed by atoms with van der Waals surface area (Å²) in [6.07, 6.45) is 0.682. The van der Waals surface area contributed by atoms with Crippen molar-refractivity contribution in [1.29, 1.82) is 0 Å². The molecule has 1 aromatic rings. The molecule has 2 N–H and O–H groups in total. The van der Waals surface area contributed by atoms with Gasteiger partial charge in [-0.1, -0.05) is 23.7 Å². The van der Waals surface area contributed by atoms with Crippen LogP contribution in [-0.4, -0.2) is 56.4 Å². The van der Waals surface area contributed by atoms with E-state index in [0.717, 1.165) is 5.56 Å². The van der Waals surface area contributed by atoms with E-state index >= 15 is 0 Å². The number of halogens is 1. The fourth-order valence-corrected chi connectivity index (χ4v) is 4.48. The summed E-state index contributed by atoms with van der Waals surface area (Å²) in [6.45, 7) is 1.08. The number of hydrogen-bond donors (Lipinski definition) is 2. The highest BCUT2D eigenvalue weighted by molar-refractivity contribution is 7.92. The summed E-state index contributed by atoms with van der Waals surface area (Å²) in [4.78, 5) is 25.1. The monoisotopic (exact) mass is 387 g/mol. The number of benzene rings is 1. The van der Waals surface area contributed by atoms with Gasteiger partial charge in [-0.25, -0.2) is 13.2 Å². The highest BCUT2D eigenvalue weighted by Crippen LogP contribution is 2.19. The molecule has 3 amide bonds. The van der Waals surface area contributed by atoms with Gasteiger partial charge in [-0.3, -0.25) is 4.79 Å². The minimum absolute atomic E-state index is 0.225. The van der Waals surface area contributed by atoms with Crippen LogP contribution in [0.2, 0.25) is 5.02 Å². The number of carbonyl (C=O) groups is 2. The van der Waals surface area contributed by atoms with Crippen molar-refractivity contribution in [3.63, 3.8) is 0 Å². The van der Waals surface area contributed by atoms with Gasteiger partial charge < -0.3 is 15.5 Å². The van der Waals surface area contributed by atoms with Crippen LogP contribution in [0, 0.1) is 0 Å². The molecule has 0 aromatic heterocycles. The number of likely N-dealkylation sites (tertiary alicyclic amines) is 1. The minimum atomic E-state index is -3.49. The van der Waals surface area contributed by atoms with Gasteiger partial charge in [-0.05, 0) is 30.5 Å². The molecular weight excluding hydrogens is 366 g/mol. The van der Waals surface area contributed by atoms with Crippen LogP contribution in [0.25, 0.3) is 0 Å². The number of sulfone groups is 1. The van der Waals surface area contributed by atoms with Crippen LogP contribution in [0.4, 0.5) is 4.79 Å². The smallest absolute Gasteiger partial charge is 0.317 e. The van der Waals surface area contributed by atoms with Crippen molar-refractivity contribution in [2.75, 3.05) is 25.9 Å². The first-order chi connectivity index (χ1) is 11.8. The molecule has 1 aliphatic heterocycles. The predicted octanol–water partition coefficient (Wildman–Crippen LogP) is 1.17. The third kappa shape index (κ3) is 5.61. The molecule has 0 bridgehead atoms. The molecule has 0 saturated carbocycles. The molecule has 0 atom stereocenters. The molecule has 2 rings (SSSR count). The summed E-state index contributed by atoms with van der Waals surface area (Å²) in [5.74, 6) is -1.01. The molecule has 0 unspecified atom stereocenters. The number of urea groups is 1. The van der Waals surface area contributed by atoms with E-state index < -0.39 is 26.7 Å². The Morgan fingerprint density at radius 3 is 2.36 bits per heavy atom. The van der Waals surface area contributed by atoms with Gasteiger partial charge in [0.2, 0.25) is 5.91 Å². The van der Waals surface area contributed by atoms with E-state index in [9.17, 15) is 18.0 Å². The molecule has 1 saturated heterocycles. The van der Waals surface area contributed by atoms with Crippen molar-refractivity contribution in [3.05, 3.63) is 34.9 Å². The first-order valence-electron chi connectivity index (χ1n) is 8.01. The van der Waals surface area contributed by atoms with E-state index in [1.807, 2.05) is 12.1 Å². The first kappa shape index (κ1) is 19.5. The largest absolute Gasteiger partial charge is 0.358 e. The number of rotatable bonds is 5. The Morgan fingerprint density at radius 2 is 1.80 bits per heavy atom. The van der Waals surface area contributed by atoms with Gasteiger partial charge in [0.25, 0.3) is 0 Å². The molecule has 0 aliphatic carbocycles. The zero-order valence-electron chi connectivity index (χ0n) is 14.0. The summed E-state index contributed by atoms with van der Waals surface area (Å²) >= 11 is 5.82. The highest BCUT2D eigenvalue weighted by Gasteiger charge is 2.32. The number of nitrogens with zero attached hydrogens (tertiary/aromatic N) is 1. The Kier molecular flexibility index (Phi) is 6.66. The maximum absolute atomic E-state index is 12.2. The Balaban J connectivity index is 1.81. The van der Waals surface area contributed by atoms with E-state index in [0.29, 0.717) is 37.5 Å². The van der Waals surface area contributed by atoms with Crippen molar-refractivity contribution in [1.82, 2.24) is 15.5 Å². The van der Waals surface area contributed by atoms with E-state index in [4.69, 9.17) is 11.6 Å². The lowest BCUT2D eigenvalue weighted by molar-refractivity contribution is -0.118. The van der Waals surface area contributed by atoms with Crippen molar-refractivity contribution >= 4 is 33.4 Å². The third-order valence-electron chi connectivity index (χ3n) is 4.21. The van der Waals surface area contributed by atoms with Crippen LogP contribution in [0.1, 0.15) is 18.4 Å². The molecule has 0 spiro atoms. The highest BCUT2D eigenvalue weighted by atomic mass is 35.5. The first-order valence-corrected chi connectivity index (χ1v) is 10.1. The molecular formula is C16H22ClN3O4S.